The zero-order chi connectivity index (χ0) is 8.20. The maximum atomic E-state index is 10.9. The van der Waals surface area contributed by atoms with Gasteiger partial charge in [0.2, 0.25) is 0 Å². The van der Waals surface area contributed by atoms with Crippen LogP contribution in [0.15, 0.2) is 0 Å². The Morgan fingerprint density at radius 3 is 2.50 bits per heavy atom. The van der Waals surface area contributed by atoms with Gasteiger partial charge in [0.05, 0.1) is 12.5 Å². The van der Waals surface area contributed by atoms with E-state index < -0.39 is 10.8 Å². The highest BCUT2D eigenvalue weighted by Gasteiger charge is 2.30. The molecular weight excluding hydrogens is 175 g/mol. The number of alkyl halides is 2. The smallest absolute Gasteiger partial charge is 0.328 e. The molecule has 0 aromatic heterocycles. The fraction of sp³-hybridized carbons (Fsp3) is 0.833. The van der Waals surface area contributed by atoms with Crippen molar-refractivity contribution < 1.29 is 9.53 Å². The maximum absolute atomic E-state index is 10.9. The van der Waals surface area contributed by atoms with Crippen LogP contribution < -0.4 is 0 Å². The molecule has 1 unspecified atom stereocenters. The van der Waals surface area contributed by atoms with Crippen LogP contribution >= 0.6 is 23.2 Å². The van der Waals surface area contributed by atoms with Crippen LogP contribution in [-0.4, -0.2) is 23.3 Å². The first-order valence-corrected chi connectivity index (χ1v) is 3.88. The van der Waals surface area contributed by atoms with E-state index in [1.807, 2.05) is 0 Å². The number of ether oxygens (including phenoxy) is 1. The van der Waals surface area contributed by atoms with Gasteiger partial charge in [0.25, 0.3) is 0 Å². The summed E-state index contributed by atoms with van der Waals surface area (Å²) in [6.45, 7) is 3.58. The Hall–Kier alpha value is 0.0500. The van der Waals surface area contributed by atoms with Crippen LogP contribution in [0.5, 0.6) is 0 Å². The van der Waals surface area contributed by atoms with Gasteiger partial charge in [-0.25, -0.2) is 0 Å². The van der Waals surface area contributed by atoms with Crippen molar-refractivity contribution in [2.75, 3.05) is 12.5 Å². The normalized spacial score (nSPS) is 16.0. The summed E-state index contributed by atoms with van der Waals surface area (Å²) in [5.74, 6) is -0.403. The predicted octanol–water partition coefficient (Wildman–Crippen LogP) is 1.79. The van der Waals surface area contributed by atoms with Gasteiger partial charge in [-0.1, -0.05) is 0 Å². The summed E-state index contributed by atoms with van der Waals surface area (Å²) in [5, 5.41) is 0. The number of esters is 1. The summed E-state index contributed by atoms with van der Waals surface area (Å²) in [6.07, 6.45) is 0. The molecule has 0 amide bonds. The van der Waals surface area contributed by atoms with Gasteiger partial charge in [-0.15, -0.1) is 23.2 Å². The quantitative estimate of drug-likeness (QED) is 0.494. The minimum atomic E-state index is -1.07. The van der Waals surface area contributed by atoms with Crippen molar-refractivity contribution in [3.63, 3.8) is 0 Å². The molecule has 0 spiro atoms. The molecule has 4 heteroatoms. The van der Waals surface area contributed by atoms with Crippen LogP contribution in [0.25, 0.3) is 0 Å². The lowest BCUT2D eigenvalue weighted by molar-refractivity contribution is -0.145. The molecule has 0 aliphatic heterocycles. The molecule has 0 aliphatic carbocycles. The maximum Gasteiger partial charge on any atom is 0.328 e. The second-order valence-electron chi connectivity index (χ2n) is 2.05. The molecular formula is C6H10Cl2O2. The van der Waals surface area contributed by atoms with Crippen LogP contribution in [0, 0.1) is 0 Å². The largest absolute Gasteiger partial charge is 0.465 e. The average molecular weight is 185 g/mol. The molecule has 0 bridgehead atoms. The summed E-state index contributed by atoms with van der Waals surface area (Å²) < 4.78 is 4.64. The second-order valence-corrected chi connectivity index (χ2v) is 3.15. The van der Waals surface area contributed by atoms with Crippen LogP contribution in [0.4, 0.5) is 0 Å². The van der Waals surface area contributed by atoms with Gasteiger partial charge in [-0.3, -0.25) is 4.79 Å². The first kappa shape index (κ1) is 10.0. The Bertz CT molecular complexity index is 123. The third kappa shape index (κ3) is 2.76. The molecule has 1 atom stereocenters. The third-order valence-corrected chi connectivity index (χ3v) is 1.91. The fourth-order valence-electron chi connectivity index (χ4n) is 0.336. The number of rotatable bonds is 3. The van der Waals surface area contributed by atoms with Crippen molar-refractivity contribution in [2.45, 2.75) is 18.7 Å². The number of carbonyl (C=O) groups is 1. The van der Waals surface area contributed by atoms with Crippen LogP contribution in [0.3, 0.4) is 0 Å². The second kappa shape index (κ2) is 4.04. The highest BCUT2D eigenvalue weighted by Crippen LogP contribution is 2.17. The molecule has 0 heterocycles. The highest BCUT2D eigenvalue weighted by molar-refractivity contribution is 6.38. The Morgan fingerprint density at radius 1 is 1.70 bits per heavy atom. The Morgan fingerprint density at radius 2 is 2.20 bits per heavy atom. The van der Waals surface area contributed by atoms with E-state index in [2.05, 4.69) is 4.74 Å². The van der Waals surface area contributed by atoms with Crippen LogP contribution in [-0.2, 0) is 9.53 Å². The molecule has 2 nitrogen and oxygen atoms in total. The van der Waals surface area contributed by atoms with E-state index in [4.69, 9.17) is 23.2 Å². The summed E-state index contributed by atoms with van der Waals surface area (Å²) in [5.41, 5.74) is 0. The third-order valence-electron chi connectivity index (χ3n) is 0.952. The molecule has 0 aromatic rings. The lowest BCUT2D eigenvalue weighted by Crippen LogP contribution is -2.32. The minimum absolute atomic E-state index is 0.0629. The van der Waals surface area contributed by atoms with Gasteiger partial charge < -0.3 is 4.74 Å². The van der Waals surface area contributed by atoms with Crippen LogP contribution in [0.2, 0.25) is 0 Å². The molecule has 10 heavy (non-hydrogen) atoms. The van der Waals surface area contributed by atoms with Gasteiger partial charge in [0.1, 0.15) is 0 Å². The van der Waals surface area contributed by atoms with Gasteiger partial charge in [0.15, 0.2) is 4.87 Å². The molecule has 0 rings (SSSR count). The standard InChI is InChI=1S/C6H10Cl2O2/c1-3-10-5(9)6(2,8)4-7/h3-4H2,1-2H3. The van der Waals surface area contributed by atoms with Gasteiger partial charge in [-0.05, 0) is 13.8 Å². The Kier molecular flexibility index (Phi) is 4.06. The van der Waals surface area contributed by atoms with E-state index >= 15 is 0 Å². The number of hydrogen-bond acceptors (Lipinski definition) is 2. The highest BCUT2D eigenvalue weighted by atomic mass is 35.5. The number of carbonyl (C=O) groups excluding carboxylic acids is 1. The molecule has 0 saturated carbocycles. The summed E-state index contributed by atoms with van der Waals surface area (Å²) in [6, 6.07) is 0. The lowest BCUT2D eigenvalue weighted by Gasteiger charge is -2.15. The van der Waals surface area contributed by atoms with Crippen molar-refractivity contribution in [1.29, 1.82) is 0 Å². The number of halogens is 2. The minimum Gasteiger partial charge on any atom is -0.465 e. The zero-order valence-electron chi connectivity index (χ0n) is 5.99. The SMILES string of the molecule is CCOC(=O)C(C)(Cl)CCl. The average Bonchev–Trinajstić information content (AvgIpc) is 1.89. The monoisotopic (exact) mass is 184 g/mol. The Labute approximate surface area is 70.4 Å². The van der Waals surface area contributed by atoms with E-state index in [-0.39, 0.29) is 5.88 Å². The van der Waals surface area contributed by atoms with Gasteiger partial charge in [-0.2, -0.15) is 0 Å². The zero-order valence-corrected chi connectivity index (χ0v) is 7.50. The first-order chi connectivity index (χ1) is 4.54. The van der Waals surface area contributed by atoms with E-state index in [9.17, 15) is 4.79 Å². The van der Waals surface area contributed by atoms with Crippen molar-refractivity contribution >= 4 is 29.2 Å². The molecule has 60 valence electrons. The van der Waals surface area contributed by atoms with Gasteiger partial charge in [0, 0.05) is 0 Å². The predicted molar refractivity (Wildman–Crippen MR) is 41.6 cm³/mol. The first-order valence-electron chi connectivity index (χ1n) is 2.96. The van der Waals surface area contributed by atoms with E-state index in [1.54, 1.807) is 6.92 Å². The van der Waals surface area contributed by atoms with Crippen molar-refractivity contribution in [3.05, 3.63) is 0 Å². The molecule has 0 radical (unpaired) electrons. The van der Waals surface area contributed by atoms with Gasteiger partial charge >= 0.3 is 5.97 Å². The van der Waals surface area contributed by atoms with E-state index in [0.717, 1.165) is 0 Å². The van der Waals surface area contributed by atoms with Crippen molar-refractivity contribution in [1.82, 2.24) is 0 Å². The van der Waals surface area contributed by atoms with Crippen molar-refractivity contribution in [2.24, 2.45) is 0 Å². The summed E-state index contributed by atoms with van der Waals surface area (Å²) >= 11 is 11.0. The van der Waals surface area contributed by atoms with Crippen LogP contribution in [0.1, 0.15) is 13.8 Å². The topological polar surface area (TPSA) is 26.3 Å². The summed E-state index contributed by atoms with van der Waals surface area (Å²) in [4.78, 5) is 9.79. The molecule has 0 aromatic carbocycles. The number of hydrogen-bond donors (Lipinski definition) is 0. The molecule has 0 aliphatic rings. The molecule has 0 saturated heterocycles. The molecule has 0 N–H and O–H groups in total. The van der Waals surface area contributed by atoms with E-state index in [0.29, 0.717) is 6.61 Å². The van der Waals surface area contributed by atoms with E-state index in [1.165, 1.54) is 6.92 Å². The Balaban J connectivity index is 3.91. The van der Waals surface area contributed by atoms with Crippen molar-refractivity contribution in [3.8, 4) is 0 Å². The summed E-state index contributed by atoms with van der Waals surface area (Å²) in [7, 11) is 0. The molecule has 0 fully saturated rings. The lowest BCUT2D eigenvalue weighted by atomic mass is 10.2. The fourth-order valence-corrected chi connectivity index (χ4v) is 0.500.